The van der Waals surface area contributed by atoms with E-state index in [9.17, 15) is 5.11 Å². The summed E-state index contributed by atoms with van der Waals surface area (Å²) in [6.07, 6.45) is 1.79. The molecule has 21 heavy (non-hydrogen) atoms. The van der Waals surface area contributed by atoms with Gasteiger partial charge in [0.25, 0.3) is 0 Å². The second-order valence-corrected chi connectivity index (χ2v) is 5.14. The van der Waals surface area contributed by atoms with Crippen molar-refractivity contribution in [2.75, 3.05) is 0 Å². The minimum Gasteiger partial charge on any atom is -0.508 e. The first-order valence-electron chi connectivity index (χ1n) is 7.09. The van der Waals surface area contributed by atoms with Crippen molar-refractivity contribution in [3.8, 4) is 5.75 Å². The number of phenols is 1. The molecule has 0 bridgehead atoms. The summed E-state index contributed by atoms with van der Waals surface area (Å²) in [4.78, 5) is 4.35. The third-order valence-corrected chi connectivity index (χ3v) is 3.73. The van der Waals surface area contributed by atoms with E-state index in [1.807, 2.05) is 42.5 Å². The van der Waals surface area contributed by atoms with Crippen LogP contribution in [-0.2, 0) is 6.54 Å². The minimum absolute atomic E-state index is 0.129. The Morgan fingerprint density at radius 1 is 1.05 bits per heavy atom. The monoisotopic (exact) mass is 278 g/mol. The van der Waals surface area contributed by atoms with Gasteiger partial charge < -0.3 is 10.4 Å². The van der Waals surface area contributed by atoms with Gasteiger partial charge in [0.15, 0.2) is 0 Å². The van der Waals surface area contributed by atoms with Gasteiger partial charge in [0, 0.05) is 24.3 Å². The van der Waals surface area contributed by atoms with Gasteiger partial charge in [-0.1, -0.05) is 36.4 Å². The molecular formula is C18H18N2O. The molecule has 2 aromatic carbocycles. The third kappa shape index (κ3) is 2.88. The molecule has 0 unspecified atom stereocenters. The average molecular weight is 278 g/mol. The van der Waals surface area contributed by atoms with Crippen LogP contribution in [0.1, 0.15) is 24.2 Å². The lowest BCUT2D eigenvalue weighted by molar-refractivity contribution is 0.461. The van der Waals surface area contributed by atoms with Crippen molar-refractivity contribution in [2.24, 2.45) is 0 Å². The Labute approximate surface area is 124 Å². The summed E-state index contributed by atoms with van der Waals surface area (Å²) >= 11 is 0. The van der Waals surface area contributed by atoms with E-state index in [0.717, 1.165) is 22.0 Å². The third-order valence-electron chi connectivity index (χ3n) is 3.73. The van der Waals surface area contributed by atoms with E-state index in [0.29, 0.717) is 12.3 Å². The second kappa shape index (κ2) is 5.94. The maximum atomic E-state index is 10.1. The number of phenolic OH excluding ortho intramolecular Hbond substituents is 1. The van der Waals surface area contributed by atoms with Crippen molar-refractivity contribution in [3.63, 3.8) is 0 Å². The fraction of sp³-hybridized carbons (Fsp3) is 0.167. The van der Waals surface area contributed by atoms with Crippen LogP contribution >= 0.6 is 0 Å². The molecule has 0 saturated carbocycles. The van der Waals surface area contributed by atoms with Crippen LogP contribution in [0.3, 0.4) is 0 Å². The van der Waals surface area contributed by atoms with Crippen molar-refractivity contribution in [1.29, 1.82) is 0 Å². The van der Waals surface area contributed by atoms with Crippen LogP contribution in [0.15, 0.2) is 60.8 Å². The van der Waals surface area contributed by atoms with E-state index < -0.39 is 0 Å². The van der Waals surface area contributed by atoms with E-state index in [2.05, 4.69) is 23.3 Å². The highest BCUT2D eigenvalue weighted by atomic mass is 16.3. The zero-order chi connectivity index (χ0) is 14.7. The Morgan fingerprint density at radius 2 is 1.86 bits per heavy atom. The number of pyridine rings is 1. The minimum atomic E-state index is 0.129. The molecule has 0 saturated heterocycles. The molecule has 0 aliphatic rings. The van der Waals surface area contributed by atoms with Crippen LogP contribution < -0.4 is 5.32 Å². The Kier molecular flexibility index (Phi) is 3.84. The number of nitrogens with one attached hydrogen (secondary N) is 1. The van der Waals surface area contributed by atoms with Gasteiger partial charge in [-0.3, -0.25) is 4.98 Å². The summed E-state index contributed by atoms with van der Waals surface area (Å²) in [5, 5.41) is 15.8. The van der Waals surface area contributed by atoms with Crippen LogP contribution in [0, 0.1) is 0 Å². The van der Waals surface area contributed by atoms with Crippen molar-refractivity contribution >= 4 is 10.8 Å². The van der Waals surface area contributed by atoms with Gasteiger partial charge in [-0.2, -0.15) is 0 Å². The lowest BCUT2D eigenvalue weighted by atomic mass is 10.0. The number of aromatic nitrogens is 1. The fourth-order valence-corrected chi connectivity index (χ4v) is 2.50. The molecule has 106 valence electrons. The van der Waals surface area contributed by atoms with Crippen molar-refractivity contribution in [1.82, 2.24) is 10.3 Å². The average Bonchev–Trinajstić information content (AvgIpc) is 2.54. The van der Waals surface area contributed by atoms with Crippen LogP contribution in [0.2, 0.25) is 0 Å². The molecule has 1 atom stereocenters. The predicted molar refractivity (Wildman–Crippen MR) is 85.1 cm³/mol. The van der Waals surface area contributed by atoms with Crippen molar-refractivity contribution in [2.45, 2.75) is 19.5 Å². The molecule has 0 aliphatic carbocycles. The maximum Gasteiger partial charge on any atom is 0.120 e. The van der Waals surface area contributed by atoms with E-state index in [1.165, 1.54) is 0 Å². The Bertz CT molecular complexity index is 741. The highest BCUT2D eigenvalue weighted by molar-refractivity contribution is 5.87. The topological polar surface area (TPSA) is 45.1 Å². The molecule has 0 spiro atoms. The van der Waals surface area contributed by atoms with Crippen molar-refractivity contribution < 1.29 is 5.11 Å². The lowest BCUT2D eigenvalue weighted by Gasteiger charge is -2.15. The van der Waals surface area contributed by atoms with Gasteiger partial charge >= 0.3 is 0 Å². The van der Waals surface area contributed by atoms with Gasteiger partial charge in [-0.25, -0.2) is 0 Å². The molecule has 3 aromatic rings. The molecular weight excluding hydrogens is 260 g/mol. The van der Waals surface area contributed by atoms with Crippen LogP contribution in [0.25, 0.3) is 10.8 Å². The van der Waals surface area contributed by atoms with Gasteiger partial charge in [-0.15, -0.1) is 0 Å². The number of benzene rings is 2. The zero-order valence-electron chi connectivity index (χ0n) is 12.0. The maximum absolute atomic E-state index is 10.1. The Morgan fingerprint density at radius 3 is 2.67 bits per heavy atom. The van der Waals surface area contributed by atoms with Crippen LogP contribution in [0.5, 0.6) is 5.75 Å². The lowest BCUT2D eigenvalue weighted by Crippen LogP contribution is -2.19. The molecule has 1 aromatic heterocycles. The first-order valence-corrected chi connectivity index (χ1v) is 7.09. The summed E-state index contributed by atoms with van der Waals surface area (Å²) in [7, 11) is 0. The molecule has 2 N–H and O–H groups in total. The number of fused-ring (bicyclic) bond motifs is 1. The van der Waals surface area contributed by atoms with Gasteiger partial charge in [-0.05, 0) is 35.9 Å². The predicted octanol–water partition coefficient (Wildman–Crippen LogP) is 3.79. The fourth-order valence-electron chi connectivity index (χ4n) is 2.50. The van der Waals surface area contributed by atoms with Gasteiger partial charge in [0.05, 0.1) is 5.69 Å². The molecule has 0 radical (unpaired) electrons. The Hall–Kier alpha value is -2.39. The standard InChI is InChI=1S/C18H18N2O/c1-13(17-8-4-5-11-19-17)20-12-16-15-7-3-2-6-14(15)9-10-18(16)21/h2-11,13,20-21H,12H2,1H3/t13-/m0/s1. The van der Waals surface area contributed by atoms with E-state index in [1.54, 1.807) is 12.3 Å². The zero-order valence-corrected chi connectivity index (χ0v) is 12.0. The summed E-state index contributed by atoms with van der Waals surface area (Å²) in [5.74, 6) is 0.328. The van der Waals surface area contributed by atoms with Gasteiger partial charge in [0.1, 0.15) is 5.75 Å². The SMILES string of the molecule is C[C@H](NCc1c(O)ccc2ccccc12)c1ccccn1. The Balaban J connectivity index is 1.84. The highest BCUT2D eigenvalue weighted by Gasteiger charge is 2.10. The smallest absolute Gasteiger partial charge is 0.120 e. The normalized spacial score (nSPS) is 12.4. The molecule has 3 heteroatoms. The summed E-state index contributed by atoms with van der Waals surface area (Å²) in [6, 6.07) is 17.8. The molecule has 3 nitrogen and oxygen atoms in total. The first kappa shape index (κ1) is 13.6. The largest absolute Gasteiger partial charge is 0.508 e. The van der Waals surface area contributed by atoms with Gasteiger partial charge in [0.2, 0.25) is 0 Å². The van der Waals surface area contributed by atoms with E-state index in [4.69, 9.17) is 0 Å². The quantitative estimate of drug-likeness (QED) is 0.763. The molecule has 0 fully saturated rings. The molecule has 3 rings (SSSR count). The first-order chi connectivity index (χ1) is 10.3. The van der Waals surface area contributed by atoms with Crippen LogP contribution in [0.4, 0.5) is 0 Å². The molecule has 0 aliphatic heterocycles. The number of hydrogen-bond acceptors (Lipinski definition) is 3. The van der Waals surface area contributed by atoms with E-state index >= 15 is 0 Å². The number of nitrogens with zero attached hydrogens (tertiary/aromatic N) is 1. The molecule has 1 heterocycles. The van der Waals surface area contributed by atoms with Crippen molar-refractivity contribution in [3.05, 3.63) is 72.1 Å². The second-order valence-electron chi connectivity index (χ2n) is 5.14. The molecule has 0 amide bonds. The summed E-state index contributed by atoms with van der Waals surface area (Å²) in [5.41, 5.74) is 1.92. The summed E-state index contributed by atoms with van der Waals surface area (Å²) in [6.45, 7) is 2.68. The van der Waals surface area contributed by atoms with E-state index in [-0.39, 0.29) is 6.04 Å². The number of rotatable bonds is 4. The summed E-state index contributed by atoms with van der Waals surface area (Å²) < 4.78 is 0. The number of aromatic hydroxyl groups is 1. The van der Waals surface area contributed by atoms with Crippen LogP contribution in [-0.4, -0.2) is 10.1 Å². The number of hydrogen-bond donors (Lipinski definition) is 2. The highest BCUT2D eigenvalue weighted by Crippen LogP contribution is 2.27.